The van der Waals surface area contributed by atoms with E-state index in [2.05, 4.69) is 53.4 Å². The molecule has 1 aromatic carbocycles. The van der Waals surface area contributed by atoms with Crippen LogP contribution in [0.1, 0.15) is 30.2 Å². The molecule has 2 aromatic rings. The molecule has 0 radical (unpaired) electrons. The molecule has 122 valence electrons. The lowest BCUT2D eigenvalue weighted by Crippen LogP contribution is -2.23. The van der Waals surface area contributed by atoms with Crippen LogP contribution in [0, 0.1) is 6.92 Å². The van der Waals surface area contributed by atoms with Crippen LogP contribution in [0.25, 0.3) is 10.4 Å². The third-order valence-electron chi connectivity index (χ3n) is 4.20. The second-order valence-corrected chi connectivity index (χ2v) is 7.17. The number of aryl methyl sites for hydroxylation is 1. The van der Waals surface area contributed by atoms with Gasteiger partial charge in [0.05, 0.1) is 10.6 Å². The second kappa shape index (κ2) is 7.75. The lowest BCUT2D eigenvalue weighted by molar-refractivity contribution is 0.119. The van der Waals surface area contributed by atoms with Crippen LogP contribution in [0.3, 0.4) is 0 Å². The van der Waals surface area contributed by atoms with Gasteiger partial charge in [0.2, 0.25) is 0 Å². The van der Waals surface area contributed by atoms with Gasteiger partial charge in [0.15, 0.2) is 0 Å². The molecule has 23 heavy (non-hydrogen) atoms. The van der Waals surface area contributed by atoms with Gasteiger partial charge < -0.3 is 4.84 Å². The summed E-state index contributed by atoms with van der Waals surface area (Å²) in [6.07, 6.45) is 2.64. The number of thiophene rings is 1. The van der Waals surface area contributed by atoms with Crippen molar-refractivity contribution in [2.45, 2.75) is 26.7 Å². The SMILES string of the molecule is C/C(=N\OCCN1CCCC1)c1ccc(-c2ccc(C)cc2)s1. The minimum atomic E-state index is 0.674. The molecule has 3 nitrogen and oxygen atoms in total. The molecule has 1 aliphatic rings. The van der Waals surface area contributed by atoms with Crippen LogP contribution in [0.15, 0.2) is 41.6 Å². The summed E-state index contributed by atoms with van der Waals surface area (Å²) in [5.74, 6) is 0. The quantitative estimate of drug-likeness (QED) is 0.441. The average Bonchev–Trinajstić information content (AvgIpc) is 3.24. The van der Waals surface area contributed by atoms with Crippen molar-refractivity contribution in [2.75, 3.05) is 26.2 Å². The van der Waals surface area contributed by atoms with Crippen LogP contribution in [0.4, 0.5) is 0 Å². The first-order valence-corrected chi connectivity index (χ1v) is 9.10. The number of oxime groups is 1. The molecule has 0 bridgehead atoms. The lowest BCUT2D eigenvalue weighted by atomic mass is 10.1. The predicted molar refractivity (Wildman–Crippen MR) is 98.3 cm³/mol. The Kier molecular flexibility index (Phi) is 5.47. The van der Waals surface area contributed by atoms with Gasteiger partial charge in [-0.05, 0) is 57.5 Å². The molecule has 1 aliphatic heterocycles. The zero-order chi connectivity index (χ0) is 16.1. The normalized spacial score (nSPS) is 16.0. The first-order chi connectivity index (χ1) is 11.2. The fourth-order valence-electron chi connectivity index (χ4n) is 2.77. The van der Waals surface area contributed by atoms with Gasteiger partial charge in [-0.3, -0.25) is 4.90 Å². The van der Waals surface area contributed by atoms with Crippen molar-refractivity contribution >= 4 is 17.0 Å². The Bertz CT molecular complexity index is 654. The Labute approximate surface area is 142 Å². The highest BCUT2D eigenvalue weighted by Gasteiger charge is 2.10. The van der Waals surface area contributed by atoms with E-state index in [-0.39, 0.29) is 0 Å². The van der Waals surface area contributed by atoms with Crippen LogP contribution in [0.2, 0.25) is 0 Å². The van der Waals surface area contributed by atoms with Gasteiger partial charge in [-0.1, -0.05) is 35.0 Å². The van der Waals surface area contributed by atoms with E-state index in [1.54, 1.807) is 11.3 Å². The fourth-order valence-corrected chi connectivity index (χ4v) is 3.72. The van der Waals surface area contributed by atoms with Crippen molar-refractivity contribution in [3.05, 3.63) is 46.8 Å². The number of likely N-dealkylation sites (tertiary alicyclic amines) is 1. The lowest BCUT2D eigenvalue weighted by Gasteiger charge is -2.12. The summed E-state index contributed by atoms with van der Waals surface area (Å²) in [5, 5.41) is 4.28. The van der Waals surface area contributed by atoms with Crippen molar-refractivity contribution in [1.29, 1.82) is 0 Å². The van der Waals surface area contributed by atoms with Gasteiger partial charge in [-0.25, -0.2) is 0 Å². The third kappa shape index (κ3) is 4.43. The standard InChI is InChI=1S/C19H24N2OS/c1-15-5-7-17(8-6-15)19-10-9-18(23-19)16(2)20-22-14-13-21-11-3-4-12-21/h5-10H,3-4,11-14H2,1-2H3/b20-16+. The number of hydrogen-bond acceptors (Lipinski definition) is 4. The van der Waals surface area contributed by atoms with E-state index in [1.165, 1.54) is 46.8 Å². The highest BCUT2D eigenvalue weighted by Crippen LogP contribution is 2.28. The molecule has 3 rings (SSSR count). The molecule has 0 spiro atoms. The molecule has 0 saturated carbocycles. The van der Waals surface area contributed by atoms with Gasteiger partial charge in [-0.15, -0.1) is 11.3 Å². The van der Waals surface area contributed by atoms with Crippen molar-refractivity contribution in [1.82, 2.24) is 4.90 Å². The molecule has 1 saturated heterocycles. The topological polar surface area (TPSA) is 24.8 Å². The van der Waals surface area contributed by atoms with E-state index < -0.39 is 0 Å². The molecule has 0 aliphatic carbocycles. The Morgan fingerprint density at radius 3 is 2.61 bits per heavy atom. The first-order valence-electron chi connectivity index (χ1n) is 8.28. The first kappa shape index (κ1) is 16.2. The van der Waals surface area contributed by atoms with E-state index in [0.717, 1.165) is 12.3 Å². The number of hydrogen-bond donors (Lipinski definition) is 0. The van der Waals surface area contributed by atoms with Crippen LogP contribution >= 0.6 is 11.3 Å². The fraction of sp³-hybridized carbons (Fsp3) is 0.421. The Hall–Kier alpha value is -1.65. The highest BCUT2D eigenvalue weighted by atomic mass is 32.1. The zero-order valence-corrected chi connectivity index (χ0v) is 14.7. The van der Waals surface area contributed by atoms with Crippen LogP contribution in [-0.2, 0) is 4.84 Å². The smallest absolute Gasteiger partial charge is 0.129 e. The van der Waals surface area contributed by atoms with Crippen LogP contribution in [0.5, 0.6) is 0 Å². The maximum Gasteiger partial charge on any atom is 0.129 e. The Morgan fingerprint density at radius 2 is 1.87 bits per heavy atom. The predicted octanol–water partition coefficient (Wildman–Crippen LogP) is 4.56. The van der Waals surface area contributed by atoms with E-state index in [4.69, 9.17) is 4.84 Å². The van der Waals surface area contributed by atoms with E-state index in [9.17, 15) is 0 Å². The molecule has 2 heterocycles. The van der Waals surface area contributed by atoms with Crippen molar-refractivity contribution < 1.29 is 4.84 Å². The van der Waals surface area contributed by atoms with E-state index in [1.807, 2.05) is 6.92 Å². The molecule has 4 heteroatoms. The van der Waals surface area contributed by atoms with Gasteiger partial charge in [0, 0.05) is 11.4 Å². The van der Waals surface area contributed by atoms with Crippen molar-refractivity contribution in [2.24, 2.45) is 5.16 Å². The third-order valence-corrected chi connectivity index (χ3v) is 5.44. The van der Waals surface area contributed by atoms with E-state index >= 15 is 0 Å². The molecular weight excluding hydrogens is 304 g/mol. The maximum absolute atomic E-state index is 5.50. The number of nitrogens with zero attached hydrogens (tertiary/aromatic N) is 2. The summed E-state index contributed by atoms with van der Waals surface area (Å²) in [5.41, 5.74) is 3.50. The summed E-state index contributed by atoms with van der Waals surface area (Å²) < 4.78 is 0. The van der Waals surface area contributed by atoms with Gasteiger partial charge >= 0.3 is 0 Å². The Balaban J connectivity index is 1.55. The van der Waals surface area contributed by atoms with Gasteiger partial charge in [-0.2, -0.15) is 0 Å². The molecule has 0 amide bonds. The monoisotopic (exact) mass is 328 g/mol. The summed E-state index contributed by atoms with van der Waals surface area (Å²) in [6.45, 7) is 8.19. The van der Waals surface area contributed by atoms with Crippen molar-refractivity contribution in [3.63, 3.8) is 0 Å². The largest absolute Gasteiger partial charge is 0.394 e. The average molecular weight is 328 g/mol. The molecular formula is C19H24N2OS. The summed E-state index contributed by atoms with van der Waals surface area (Å²) >= 11 is 1.76. The minimum Gasteiger partial charge on any atom is -0.394 e. The molecule has 0 atom stereocenters. The molecule has 0 N–H and O–H groups in total. The second-order valence-electron chi connectivity index (χ2n) is 6.09. The molecule has 0 unspecified atom stereocenters. The number of benzene rings is 1. The molecule has 1 aromatic heterocycles. The van der Waals surface area contributed by atoms with Gasteiger partial charge in [0.1, 0.15) is 6.61 Å². The van der Waals surface area contributed by atoms with Gasteiger partial charge in [0.25, 0.3) is 0 Å². The summed E-state index contributed by atoms with van der Waals surface area (Å²) in [7, 11) is 0. The summed E-state index contributed by atoms with van der Waals surface area (Å²) in [6, 6.07) is 12.9. The summed E-state index contributed by atoms with van der Waals surface area (Å²) in [4.78, 5) is 10.4. The Morgan fingerprint density at radius 1 is 1.13 bits per heavy atom. The molecule has 1 fully saturated rings. The van der Waals surface area contributed by atoms with Crippen molar-refractivity contribution in [3.8, 4) is 10.4 Å². The van der Waals surface area contributed by atoms with Crippen LogP contribution < -0.4 is 0 Å². The number of rotatable bonds is 6. The highest BCUT2D eigenvalue weighted by molar-refractivity contribution is 7.17. The minimum absolute atomic E-state index is 0.674. The maximum atomic E-state index is 5.50. The zero-order valence-electron chi connectivity index (χ0n) is 13.9. The van der Waals surface area contributed by atoms with E-state index in [0.29, 0.717) is 6.61 Å². The van der Waals surface area contributed by atoms with Crippen LogP contribution in [-0.4, -0.2) is 36.9 Å².